The molecule has 0 saturated carbocycles. The van der Waals surface area contributed by atoms with Gasteiger partial charge in [0.05, 0.1) is 36.0 Å². The van der Waals surface area contributed by atoms with E-state index >= 15 is 0 Å². The van der Waals surface area contributed by atoms with E-state index in [1.807, 2.05) is 12.1 Å². The molecule has 2 aromatic carbocycles. The summed E-state index contributed by atoms with van der Waals surface area (Å²) in [4.78, 5) is 14.7. The van der Waals surface area contributed by atoms with E-state index < -0.39 is 10.0 Å². The Balaban J connectivity index is 1.68. The number of amides is 1. The first kappa shape index (κ1) is 22.4. The number of rotatable bonds is 7. The van der Waals surface area contributed by atoms with Crippen molar-refractivity contribution in [3.8, 4) is 0 Å². The molecule has 0 unspecified atom stereocenters. The normalized spacial score (nSPS) is 14.6. The van der Waals surface area contributed by atoms with Crippen LogP contribution in [-0.4, -0.2) is 65.6 Å². The van der Waals surface area contributed by atoms with Crippen LogP contribution in [0.2, 0.25) is 5.02 Å². The summed E-state index contributed by atoms with van der Waals surface area (Å²) in [6.45, 7) is 2.82. The lowest BCUT2D eigenvalue weighted by atomic mass is 10.2. The summed E-state index contributed by atoms with van der Waals surface area (Å²) in [6, 6.07) is 11.7. The van der Waals surface area contributed by atoms with Gasteiger partial charge in [0.25, 0.3) is 0 Å². The fourth-order valence-corrected chi connectivity index (χ4v) is 4.18. The maximum Gasteiger partial charge on any atom is 0.243 e. The molecule has 30 heavy (non-hydrogen) atoms. The van der Waals surface area contributed by atoms with Crippen LogP contribution >= 0.6 is 11.6 Å². The van der Waals surface area contributed by atoms with E-state index in [9.17, 15) is 13.2 Å². The number of carbonyl (C=O) groups is 1. The Hall–Kier alpha value is -2.33. The van der Waals surface area contributed by atoms with Crippen molar-refractivity contribution in [2.24, 2.45) is 0 Å². The second kappa shape index (κ2) is 9.65. The van der Waals surface area contributed by atoms with Crippen LogP contribution in [0.25, 0.3) is 0 Å². The number of benzene rings is 2. The van der Waals surface area contributed by atoms with Gasteiger partial charge < -0.3 is 20.3 Å². The average Bonchev–Trinajstić information content (AvgIpc) is 2.73. The summed E-state index contributed by atoms with van der Waals surface area (Å²) < 4.78 is 31.1. The van der Waals surface area contributed by atoms with Gasteiger partial charge in [0.2, 0.25) is 15.9 Å². The molecule has 2 N–H and O–H groups in total. The fraction of sp³-hybridized carbons (Fsp3) is 0.350. The molecule has 1 amide bonds. The van der Waals surface area contributed by atoms with Crippen LogP contribution in [0.5, 0.6) is 0 Å². The Morgan fingerprint density at radius 2 is 1.90 bits per heavy atom. The number of ether oxygens (including phenoxy) is 1. The number of halogens is 1. The standard InChI is InChI=1S/C20H25ClN4O4S/c1-24(2)30(27,28)17-5-3-4-16(13-17)23-20(26)14-22-18-12-15(21)6-7-19(18)25-8-10-29-11-9-25/h3-7,12-13,22H,8-11,14H2,1-2H3,(H,23,26). The Labute approximate surface area is 181 Å². The Morgan fingerprint density at radius 1 is 1.17 bits per heavy atom. The summed E-state index contributed by atoms with van der Waals surface area (Å²) in [7, 11) is -0.658. The zero-order valence-electron chi connectivity index (χ0n) is 16.9. The Morgan fingerprint density at radius 3 is 2.60 bits per heavy atom. The van der Waals surface area contributed by atoms with Crippen molar-refractivity contribution in [1.82, 2.24) is 4.31 Å². The van der Waals surface area contributed by atoms with Crippen LogP contribution in [0.4, 0.5) is 17.1 Å². The predicted octanol–water partition coefficient (Wildman–Crippen LogP) is 2.48. The third kappa shape index (κ3) is 5.42. The predicted molar refractivity (Wildman–Crippen MR) is 119 cm³/mol. The third-order valence-corrected chi connectivity index (χ3v) is 6.69. The van der Waals surface area contributed by atoms with Gasteiger partial charge in [-0.1, -0.05) is 17.7 Å². The molecule has 2 aromatic rings. The molecule has 0 atom stereocenters. The molecule has 162 valence electrons. The lowest BCUT2D eigenvalue weighted by molar-refractivity contribution is -0.114. The number of morpholine rings is 1. The summed E-state index contributed by atoms with van der Waals surface area (Å²) in [5, 5.41) is 6.42. The molecule has 10 heteroatoms. The van der Waals surface area contributed by atoms with Crippen molar-refractivity contribution in [3.05, 3.63) is 47.5 Å². The first-order chi connectivity index (χ1) is 14.3. The van der Waals surface area contributed by atoms with Gasteiger partial charge in [-0.05, 0) is 36.4 Å². The van der Waals surface area contributed by atoms with E-state index in [0.717, 1.165) is 28.8 Å². The van der Waals surface area contributed by atoms with Gasteiger partial charge in [0.15, 0.2) is 0 Å². The third-order valence-electron chi connectivity index (χ3n) is 4.65. The minimum absolute atomic E-state index is 0.00232. The zero-order chi connectivity index (χ0) is 21.7. The summed E-state index contributed by atoms with van der Waals surface area (Å²) in [5.41, 5.74) is 2.11. The van der Waals surface area contributed by atoms with Gasteiger partial charge in [-0.25, -0.2) is 12.7 Å². The fourth-order valence-electron chi connectivity index (χ4n) is 3.06. The molecule has 0 radical (unpaired) electrons. The summed E-state index contributed by atoms with van der Waals surface area (Å²) in [5.74, 6) is -0.303. The number of nitrogens with zero attached hydrogens (tertiary/aromatic N) is 2. The highest BCUT2D eigenvalue weighted by atomic mass is 35.5. The number of hydrogen-bond acceptors (Lipinski definition) is 6. The molecule has 1 aliphatic heterocycles. The molecule has 0 spiro atoms. The molecule has 1 saturated heterocycles. The zero-order valence-corrected chi connectivity index (χ0v) is 18.5. The molecule has 8 nitrogen and oxygen atoms in total. The molecule has 0 aromatic heterocycles. The van der Waals surface area contributed by atoms with Crippen molar-refractivity contribution in [1.29, 1.82) is 0 Å². The molecular weight excluding hydrogens is 428 g/mol. The molecular formula is C20H25ClN4O4S. The molecule has 1 fully saturated rings. The lowest BCUT2D eigenvalue weighted by Crippen LogP contribution is -2.36. The van der Waals surface area contributed by atoms with Crippen molar-refractivity contribution < 1.29 is 17.9 Å². The Bertz CT molecular complexity index is 1010. The smallest absolute Gasteiger partial charge is 0.243 e. The summed E-state index contributed by atoms with van der Waals surface area (Å²) in [6.07, 6.45) is 0. The number of nitrogens with one attached hydrogen (secondary N) is 2. The molecule has 0 bridgehead atoms. The number of anilines is 3. The molecule has 1 heterocycles. The monoisotopic (exact) mass is 452 g/mol. The van der Waals surface area contributed by atoms with Crippen LogP contribution in [0.1, 0.15) is 0 Å². The van der Waals surface area contributed by atoms with Gasteiger partial charge in [-0.2, -0.15) is 0 Å². The van der Waals surface area contributed by atoms with Crippen molar-refractivity contribution in [2.75, 3.05) is 62.5 Å². The highest BCUT2D eigenvalue weighted by Gasteiger charge is 2.18. The minimum atomic E-state index is -3.58. The van der Waals surface area contributed by atoms with Crippen LogP contribution in [0.15, 0.2) is 47.4 Å². The second-order valence-corrected chi connectivity index (χ2v) is 9.57. The number of carbonyl (C=O) groups excluding carboxylic acids is 1. The average molecular weight is 453 g/mol. The molecule has 1 aliphatic rings. The Kier molecular flexibility index (Phi) is 7.19. The van der Waals surface area contributed by atoms with Crippen LogP contribution in [-0.2, 0) is 19.6 Å². The van der Waals surface area contributed by atoms with E-state index in [1.165, 1.54) is 26.2 Å². The molecule has 0 aliphatic carbocycles. The molecule has 3 rings (SSSR count). The van der Waals surface area contributed by atoms with E-state index in [1.54, 1.807) is 18.2 Å². The van der Waals surface area contributed by atoms with Crippen molar-refractivity contribution in [3.63, 3.8) is 0 Å². The van der Waals surface area contributed by atoms with Gasteiger partial charge in [-0.15, -0.1) is 0 Å². The second-order valence-electron chi connectivity index (χ2n) is 6.98. The SMILES string of the molecule is CN(C)S(=O)(=O)c1cccc(NC(=O)CNc2cc(Cl)ccc2N2CCOCC2)c1. The van der Waals surface area contributed by atoms with E-state index in [2.05, 4.69) is 15.5 Å². The van der Waals surface area contributed by atoms with E-state index in [0.29, 0.717) is 23.9 Å². The largest absolute Gasteiger partial charge is 0.378 e. The highest BCUT2D eigenvalue weighted by Crippen LogP contribution is 2.29. The van der Waals surface area contributed by atoms with Crippen LogP contribution in [0.3, 0.4) is 0 Å². The number of hydrogen-bond donors (Lipinski definition) is 2. The van der Waals surface area contributed by atoms with Gasteiger partial charge in [0, 0.05) is 37.9 Å². The van der Waals surface area contributed by atoms with Crippen molar-refractivity contribution >= 4 is 44.6 Å². The minimum Gasteiger partial charge on any atom is -0.378 e. The van der Waals surface area contributed by atoms with Crippen LogP contribution < -0.4 is 15.5 Å². The van der Waals surface area contributed by atoms with Gasteiger partial charge in [-0.3, -0.25) is 4.79 Å². The van der Waals surface area contributed by atoms with E-state index in [-0.39, 0.29) is 17.3 Å². The quantitative estimate of drug-likeness (QED) is 0.670. The van der Waals surface area contributed by atoms with Crippen LogP contribution in [0, 0.1) is 0 Å². The van der Waals surface area contributed by atoms with E-state index in [4.69, 9.17) is 16.3 Å². The highest BCUT2D eigenvalue weighted by molar-refractivity contribution is 7.89. The summed E-state index contributed by atoms with van der Waals surface area (Å²) >= 11 is 6.14. The van der Waals surface area contributed by atoms with Crippen molar-refractivity contribution in [2.45, 2.75) is 4.90 Å². The van der Waals surface area contributed by atoms with Gasteiger partial charge in [0.1, 0.15) is 0 Å². The maximum atomic E-state index is 12.5. The topological polar surface area (TPSA) is 91.0 Å². The lowest BCUT2D eigenvalue weighted by Gasteiger charge is -2.30. The maximum absolute atomic E-state index is 12.5. The number of sulfonamides is 1. The first-order valence-electron chi connectivity index (χ1n) is 9.46. The first-order valence-corrected chi connectivity index (χ1v) is 11.3. The van der Waals surface area contributed by atoms with Gasteiger partial charge >= 0.3 is 0 Å².